The first-order chi connectivity index (χ1) is 7.60. The molecular weight excluding hydrogens is 275 g/mol. The van der Waals surface area contributed by atoms with Crippen molar-refractivity contribution in [2.45, 2.75) is 11.9 Å². The number of hydrogen-bond acceptors (Lipinski definition) is 3. The summed E-state index contributed by atoms with van der Waals surface area (Å²) < 4.78 is 35.5. The molecule has 0 fully saturated rings. The molecule has 0 aliphatic carbocycles. The van der Waals surface area contributed by atoms with Crippen molar-refractivity contribution in [3.05, 3.63) is 30.3 Å². The van der Waals surface area contributed by atoms with E-state index >= 15 is 0 Å². The fraction of sp³-hybridized carbons (Fsp3) is 0.286. The van der Waals surface area contributed by atoms with Crippen LogP contribution in [0.15, 0.2) is 24.5 Å². The van der Waals surface area contributed by atoms with Crippen LogP contribution in [0.5, 0.6) is 0 Å². The molecule has 1 heterocycles. The summed E-state index contributed by atoms with van der Waals surface area (Å²) in [7, 11) is -10.3. The lowest BCUT2D eigenvalue weighted by molar-refractivity contribution is -0.696. The molecule has 0 amide bonds. The quantitative estimate of drug-likeness (QED) is 0.490. The molecule has 1 aromatic heterocycles. The van der Waals surface area contributed by atoms with E-state index in [-0.39, 0.29) is 0 Å². The van der Waals surface area contributed by atoms with Gasteiger partial charge in [-0.25, -0.2) is 8.96 Å². The highest BCUT2D eigenvalue weighted by molar-refractivity contribution is 7.70. The van der Waals surface area contributed by atoms with E-state index in [2.05, 4.69) is 0 Å². The predicted molar refractivity (Wildman–Crippen MR) is 52.3 cm³/mol. The van der Waals surface area contributed by atoms with Crippen molar-refractivity contribution in [2.24, 2.45) is 0 Å². The van der Waals surface area contributed by atoms with Crippen LogP contribution >= 0.6 is 15.2 Å². The Hall–Kier alpha value is -0.620. The zero-order chi connectivity index (χ0) is 13.3. The first-order valence-corrected chi connectivity index (χ1v) is 7.67. The molecule has 0 spiro atoms. The van der Waals surface area contributed by atoms with Gasteiger partial charge >= 0.3 is 7.60 Å². The van der Waals surface area contributed by atoms with Gasteiger partial charge in [0.2, 0.25) is 6.20 Å². The average molecular weight is 285 g/mol. The Morgan fingerprint density at radius 3 is 2.41 bits per heavy atom. The second kappa shape index (κ2) is 4.94. The van der Waals surface area contributed by atoms with Gasteiger partial charge in [0.1, 0.15) is 0 Å². The van der Waals surface area contributed by atoms with Gasteiger partial charge in [0.05, 0.1) is 0 Å². The van der Waals surface area contributed by atoms with Gasteiger partial charge < -0.3 is 24.1 Å². The number of hydrogen-bond donors (Lipinski definition) is 3. The van der Waals surface area contributed by atoms with Gasteiger partial charge in [0.15, 0.2) is 31.6 Å². The summed E-state index contributed by atoms with van der Waals surface area (Å²) >= 11 is 0. The van der Waals surface area contributed by atoms with Crippen LogP contribution in [0.2, 0.25) is 0 Å². The van der Waals surface area contributed by atoms with Crippen molar-refractivity contribution >= 4 is 15.2 Å². The van der Waals surface area contributed by atoms with E-state index in [1.807, 2.05) is 0 Å². The molecule has 0 aromatic carbocycles. The molecule has 1 aromatic rings. The molecule has 17 heavy (non-hydrogen) atoms. The first kappa shape index (κ1) is 14.4. The van der Waals surface area contributed by atoms with Crippen LogP contribution in [0.25, 0.3) is 0 Å². The molecule has 0 aliphatic rings. The number of rotatable bonds is 4. The standard InChI is InChI=1S/C7H10FNO6P2/c8-6-2-1-3-9(4-6)5-7(16(10,11)12)17(13,14)15/h1-4,7H,5H2,(H3-,10,11,12,13,14,15). The van der Waals surface area contributed by atoms with Crippen molar-refractivity contribution in [3.8, 4) is 0 Å². The lowest BCUT2D eigenvalue weighted by Gasteiger charge is -2.25. The molecule has 0 bridgehead atoms. The molecule has 1 rings (SSSR count). The van der Waals surface area contributed by atoms with Gasteiger partial charge in [-0.2, -0.15) is 0 Å². The smallest absolute Gasteiger partial charge is 0.343 e. The summed E-state index contributed by atoms with van der Waals surface area (Å²) in [5.41, 5.74) is 0. The van der Waals surface area contributed by atoms with E-state index in [9.17, 15) is 18.4 Å². The van der Waals surface area contributed by atoms with Crippen molar-refractivity contribution < 1.29 is 37.7 Å². The molecule has 10 heteroatoms. The Morgan fingerprint density at radius 1 is 1.41 bits per heavy atom. The fourth-order valence-electron chi connectivity index (χ4n) is 1.19. The van der Waals surface area contributed by atoms with Crippen LogP contribution in [-0.4, -0.2) is 20.1 Å². The molecule has 0 saturated carbocycles. The number of aromatic nitrogens is 1. The summed E-state index contributed by atoms with van der Waals surface area (Å²) in [6.45, 7) is -0.737. The maximum absolute atomic E-state index is 12.8. The normalized spacial score (nSPS) is 17.5. The Morgan fingerprint density at radius 2 is 2.00 bits per heavy atom. The summed E-state index contributed by atoms with van der Waals surface area (Å²) in [6.07, 6.45) is 2.08. The monoisotopic (exact) mass is 285 g/mol. The zero-order valence-electron chi connectivity index (χ0n) is 8.38. The van der Waals surface area contributed by atoms with Gasteiger partial charge in [-0.1, -0.05) is 0 Å². The van der Waals surface area contributed by atoms with E-state index in [1.54, 1.807) is 0 Å². The minimum absolute atomic E-state index is 0.698. The van der Waals surface area contributed by atoms with Gasteiger partial charge in [-0.05, 0) is 6.07 Å². The molecule has 7 nitrogen and oxygen atoms in total. The summed E-state index contributed by atoms with van der Waals surface area (Å²) in [4.78, 5) is 37.2. The van der Waals surface area contributed by atoms with E-state index in [0.717, 1.165) is 16.8 Å². The SMILES string of the molecule is O=P([O-])(O)C(C[n+]1cccc(F)c1)P(=O)(O)O. The highest BCUT2D eigenvalue weighted by Crippen LogP contribution is 2.57. The van der Waals surface area contributed by atoms with Gasteiger partial charge in [0.25, 0.3) is 0 Å². The summed E-state index contributed by atoms with van der Waals surface area (Å²) in [5, 5.41) is -2.29. The predicted octanol–water partition coefficient (Wildman–Crippen LogP) is -0.837. The van der Waals surface area contributed by atoms with Crippen LogP contribution in [0.3, 0.4) is 0 Å². The Bertz CT molecular complexity index is 475. The van der Waals surface area contributed by atoms with E-state index in [1.165, 1.54) is 12.3 Å². The molecule has 2 unspecified atom stereocenters. The lowest BCUT2D eigenvalue weighted by atomic mass is 10.4. The van der Waals surface area contributed by atoms with Crippen LogP contribution in [-0.2, 0) is 15.7 Å². The van der Waals surface area contributed by atoms with Crippen LogP contribution in [0, 0.1) is 5.82 Å². The van der Waals surface area contributed by atoms with E-state index in [0.29, 0.717) is 0 Å². The molecule has 0 radical (unpaired) electrons. The highest BCUT2D eigenvalue weighted by Gasteiger charge is 2.40. The Kier molecular flexibility index (Phi) is 4.19. The van der Waals surface area contributed by atoms with Crippen LogP contribution < -0.4 is 9.46 Å². The molecule has 0 aliphatic heterocycles. The molecule has 0 saturated heterocycles. The van der Waals surface area contributed by atoms with Crippen molar-refractivity contribution in [1.82, 2.24) is 0 Å². The summed E-state index contributed by atoms with van der Waals surface area (Å²) in [6, 6.07) is 2.32. The minimum Gasteiger partial charge on any atom is -0.778 e. The second-order valence-electron chi connectivity index (χ2n) is 3.35. The van der Waals surface area contributed by atoms with Gasteiger partial charge in [-0.15, -0.1) is 0 Å². The lowest BCUT2D eigenvalue weighted by Crippen LogP contribution is -2.40. The third-order valence-electron chi connectivity index (χ3n) is 1.96. The van der Waals surface area contributed by atoms with Crippen molar-refractivity contribution in [3.63, 3.8) is 0 Å². The molecule has 3 N–H and O–H groups in total. The largest absolute Gasteiger partial charge is 0.778 e. The third kappa shape index (κ3) is 4.27. The second-order valence-corrected chi connectivity index (χ2v) is 7.31. The van der Waals surface area contributed by atoms with Crippen LogP contribution in [0.1, 0.15) is 0 Å². The Balaban J connectivity index is 3.04. The fourth-order valence-corrected chi connectivity index (χ4v) is 3.51. The highest BCUT2D eigenvalue weighted by atomic mass is 31.2. The first-order valence-electron chi connectivity index (χ1n) is 4.34. The van der Waals surface area contributed by atoms with E-state index in [4.69, 9.17) is 14.7 Å². The zero-order valence-corrected chi connectivity index (χ0v) is 10.2. The van der Waals surface area contributed by atoms with Crippen molar-refractivity contribution in [1.29, 1.82) is 0 Å². The molecule has 96 valence electrons. The maximum Gasteiger partial charge on any atom is 0.343 e. The maximum atomic E-state index is 12.8. The van der Waals surface area contributed by atoms with Crippen LogP contribution in [0.4, 0.5) is 4.39 Å². The number of pyridine rings is 1. The number of nitrogens with zero attached hydrogens (tertiary/aromatic N) is 1. The van der Waals surface area contributed by atoms with Gasteiger partial charge in [0, 0.05) is 6.07 Å². The van der Waals surface area contributed by atoms with E-state index < -0.39 is 33.0 Å². The summed E-state index contributed by atoms with van der Waals surface area (Å²) in [5.74, 6) is -0.698. The molecule has 2 atom stereocenters. The topological polar surface area (TPSA) is 122 Å². The van der Waals surface area contributed by atoms with Crippen molar-refractivity contribution in [2.75, 3.05) is 0 Å². The third-order valence-corrected chi connectivity index (χ3v) is 5.60. The molecular formula is C7H10FNO6P2. The Labute approximate surface area is 95.9 Å². The average Bonchev–Trinajstić information content (AvgIpc) is 2.10. The number of halogens is 1. The minimum atomic E-state index is -5.23. The van der Waals surface area contributed by atoms with Gasteiger partial charge in [-0.3, -0.25) is 4.57 Å².